The minimum absolute atomic E-state index is 0.0541. The van der Waals surface area contributed by atoms with Crippen molar-refractivity contribution >= 4 is 17.8 Å². The number of carboxylic acid groups (broad SMARTS) is 1. The molecule has 6 heteroatoms. The molecule has 0 aliphatic carbocycles. The van der Waals surface area contributed by atoms with Crippen LogP contribution >= 0.6 is 0 Å². The Morgan fingerprint density at radius 2 is 1.84 bits per heavy atom. The number of unbranched alkanes of at least 4 members (excludes halogenated alkanes) is 2. The largest absolute Gasteiger partial charge is 0.480 e. The summed E-state index contributed by atoms with van der Waals surface area (Å²) in [5.74, 6) is -1.26. The molecule has 0 saturated carbocycles. The molecule has 0 rings (SSSR count). The van der Waals surface area contributed by atoms with Gasteiger partial charge in [0, 0.05) is 19.9 Å². The molecular weight excluding hydrogens is 248 g/mol. The van der Waals surface area contributed by atoms with Crippen LogP contribution in [0.4, 0.5) is 0 Å². The Kier molecular flexibility index (Phi) is 9.48. The van der Waals surface area contributed by atoms with Crippen molar-refractivity contribution in [2.24, 2.45) is 0 Å². The molecule has 0 aromatic rings. The topological polar surface area (TPSA) is 95.5 Å². The van der Waals surface area contributed by atoms with Crippen molar-refractivity contribution < 1.29 is 19.5 Å². The van der Waals surface area contributed by atoms with Crippen molar-refractivity contribution in [3.05, 3.63) is 0 Å². The minimum Gasteiger partial charge on any atom is -0.480 e. The zero-order valence-electron chi connectivity index (χ0n) is 11.7. The van der Waals surface area contributed by atoms with Gasteiger partial charge < -0.3 is 15.7 Å². The molecule has 0 spiro atoms. The van der Waals surface area contributed by atoms with Gasteiger partial charge in [-0.2, -0.15) is 0 Å². The molecule has 0 heterocycles. The summed E-state index contributed by atoms with van der Waals surface area (Å²) < 4.78 is 0. The number of hydrogen-bond acceptors (Lipinski definition) is 3. The Labute approximate surface area is 113 Å². The highest BCUT2D eigenvalue weighted by Gasteiger charge is 2.18. The zero-order chi connectivity index (χ0) is 14.7. The Balaban J connectivity index is 3.68. The molecule has 0 aromatic carbocycles. The van der Waals surface area contributed by atoms with E-state index in [1.165, 1.54) is 6.92 Å². The van der Waals surface area contributed by atoms with Gasteiger partial charge in [0.05, 0.1) is 0 Å². The number of carbonyl (C=O) groups is 3. The number of carboxylic acids is 1. The van der Waals surface area contributed by atoms with Crippen molar-refractivity contribution in [2.75, 3.05) is 6.54 Å². The zero-order valence-corrected chi connectivity index (χ0v) is 11.7. The van der Waals surface area contributed by atoms with Crippen LogP contribution in [0, 0.1) is 0 Å². The molecule has 0 saturated heterocycles. The number of nitrogens with one attached hydrogen (secondary N) is 2. The summed E-state index contributed by atoms with van der Waals surface area (Å²) in [6.07, 6.45) is 3.85. The van der Waals surface area contributed by atoms with Gasteiger partial charge in [0.15, 0.2) is 0 Å². The Hall–Kier alpha value is -1.59. The Morgan fingerprint density at radius 3 is 2.37 bits per heavy atom. The van der Waals surface area contributed by atoms with Crippen LogP contribution in [0.15, 0.2) is 0 Å². The highest BCUT2D eigenvalue weighted by atomic mass is 16.4. The maximum atomic E-state index is 11.5. The molecule has 0 aliphatic rings. The first-order valence-corrected chi connectivity index (χ1v) is 6.74. The summed E-state index contributed by atoms with van der Waals surface area (Å²) in [5.41, 5.74) is 0. The highest BCUT2D eigenvalue weighted by molar-refractivity contribution is 5.83. The van der Waals surface area contributed by atoms with Crippen LogP contribution in [-0.4, -0.2) is 35.5 Å². The first-order valence-electron chi connectivity index (χ1n) is 6.74. The van der Waals surface area contributed by atoms with E-state index < -0.39 is 12.0 Å². The lowest BCUT2D eigenvalue weighted by atomic mass is 10.1. The monoisotopic (exact) mass is 272 g/mol. The average Bonchev–Trinajstić information content (AvgIpc) is 2.32. The number of amides is 2. The Bertz CT molecular complexity index is 305. The van der Waals surface area contributed by atoms with E-state index in [-0.39, 0.29) is 11.8 Å². The fourth-order valence-electron chi connectivity index (χ4n) is 1.66. The van der Waals surface area contributed by atoms with Crippen LogP contribution in [0.3, 0.4) is 0 Å². The maximum Gasteiger partial charge on any atom is 0.326 e. The molecule has 1 unspecified atom stereocenters. The molecule has 1 atom stereocenters. The van der Waals surface area contributed by atoms with E-state index in [1.807, 2.05) is 6.92 Å². The van der Waals surface area contributed by atoms with Gasteiger partial charge in [-0.15, -0.1) is 0 Å². The average molecular weight is 272 g/mol. The molecule has 110 valence electrons. The summed E-state index contributed by atoms with van der Waals surface area (Å²) in [6, 6.07) is -0.781. The lowest BCUT2D eigenvalue weighted by molar-refractivity contribution is -0.142. The normalized spacial score (nSPS) is 11.7. The lowest BCUT2D eigenvalue weighted by Crippen LogP contribution is -2.40. The second-order valence-corrected chi connectivity index (χ2v) is 4.54. The van der Waals surface area contributed by atoms with Gasteiger partial charge in [-0.1, -0.05) is 19.8 Å². The van der Waals surface area contributed by atoms with Gasteiger partial charge in [0.1, 0.15) is 6.04 Å². The standard InChI is InChI=1S/C13H24N2O4/c1-3-7-11(13(18)19)15-12(17)8-5-4-6-9-14-10(2)16/h11H,3-9H2,1-2H3,(H,14,16)(H,15,17)(H,18,19). The molecule has 19 heavy (non-hydrogen) atoms. The molecule has 0 aliphatic heterocycles. The third kappa shape index (κ3) is 10.1. The summed E-state index contributed by atoms with van der Waals surface area (Å²) in [4.78, 5) is 33.0. The summed E-state index contributed by atoms with van der Waals surface area (Å²) >= 11 is 0. The molecule has 6 nitrogen and oxygen atoms in total. The predicted octanol–water partition coefficient (Wildman–Crippen LogP) is 1.05. The fraction of sp³-hybridized carbons (Fsp3) is 0.769. The van der Waals surface area contributed by atoms with Crippen molar-refractivity contribution in [3.8, 4) is 0 Å². The first-order chi connectivity index (χ1) is 8.97. The van der Waals surface area contributed by atoms with Crippen molar-refractivity contribution in [3.63, 3.8) is 0 Å². The smallest absolute Gasteiger partial charge is 0.326 e. The van der Waals surface area contributed by atoms with Crippen molar-refractivity contribution in [1.29, 1.82) is 0 Å². The molecular formula is C13H24N2O4. The van der Waals surface area contributed by atoms with E-state index >= 15 is 0 Å². The highest BCUT2D eigenvalue weighted by Crippen LogP contribution is 2.02. The Morgan fingerprint density at radius 1 is 1.16 bits per heavy atom. The van der Waals surface area contributed by atoms with E-state index in [0.29, 0.717) is 32.2 Å². The minimum atomic E-state index is -0.985. The lowest BCUT2D eigenvalue weighted by Gasteiger charge is -2.13. The van der Waals surface area contributed by atoms with Crippen LogP contribution in [0.1, 0.15) is 52.4 Å². The van der Waals surface area contributed by atoms with Crippen molar-refractivity contribution in [2.45, 2.75) is 58.4 Å². The van der Waals surface area contributed by atoms with Crippen LogP contribution in [-0.2, 0) is 14.4 Å². The number of hydrogen-bond donors (Lipinski definition) is 3. The molecule has 0 fully saturated rings. The number of carbonyl (C=O) groups excluding carboxylic acids is 2. The SMILES string of the molecule is CCCC(NC(=O)CCCCCNC(C)=O)C(=O)O. The second-order valence-electron chi connectivity index (χ2n) is 4.54. The summed E-state index contributed by atoms with van der Waals surface area (Å²) in [5, 5.41) is 14.1. The molecule has 2 amide bonds. The van der Waals surface area contributed by atoms with Gasteiger partial charge in [0.2, 0.25) is 11.8 Å². The van der Waals surface area contributed by atoms with Crippen molar-refractivity contribution in [1.82, 2.24) is 10.6 Å². The predicted molar refractivity (Wildman–Crippen MR) is 71.6 cm³/mol. The summed E-state index contributed by atoms with van der Waals surface area (Å²) in [7, 11) is 0. The molecule has 0 bridgehead atoms. The van der Waals surface area contributed by atoms with E-state index in [9.17, 15) is 14.4 Å². The summed E-state index contributed by atoms with van der Waals surface area (Å²) in [6.45, 7) is 3.96. The van der Waals surface area contributed by atoms with Gasteiger partial charge in [-0.3, -0.25) is 9.59 Å². The first kappa shape index (κ1) is 17.4. The van der Waals surface area contributed by atoms with E-state index in [2.05, 4.69) is 10.6 Å². The third-order valence-electron chi connectivity index (χ3n) is 2.67. The van der Waals surface area contributed by atoms with Crippen LogP contribution in [0.5, 0.6) is 0 Å². The van der Waals surface area contributed by atoms with E-state index in [0.717, 1.165) is 12.8 Å². The van der Waals surface area contributed by atoms with Gasteiger partial charge in [-0.05, 0) is 19.3 Å². The molecule has 3 N–H and O–H groups in total. The van der Waals surface area contributed by atoms with E-state index in [4.69, 9.17) is 5.11 Å². The molecule has 0 radical (unpaired) electrons. The fourth-order valence-corrected chi connectivity index (χ4v) is 1.66. The number of aliphatic carboxylic acids is 1. The van der Waals surface area contributed by atoms with Crippen LogP contribution in [0.25, 0.3) is 0 Å². The maximum absolute atomic E-state index is 11.5. The van der Waals surface area contributed by atoms with E-state index in [1.54, 1.807) is 0 Å². The van der Waals surface area contributed by atoms with Crippen LogP contribution in [0.2, 0.25) is 0 Å². The van der Waals surface area contributed by atoms with Gasteiger partial charge in [0.25, 0.3) is 0 Å². The number of rotatable bonds is 10. The third-order valence-corrected chi connectivity index (χ3v) is 2.67. The second kappa shape index (κ2) is 10.3. The van der Waals surface area contributed by atoms with Gasteiger partial charge >= 0.3 is 5.97 Å². The molecule has 0 aromatic heterocycles. The van der Waals surface area contributed by atoms with Crippen LogP contribution < -0.4 is 10.6 Å². The quantitative estimate of drug-likeness (QED) is 0.518. The van der Waals surface area contributed by atoms with Gasteiger partial charge in [-0.25, -0.2) is 4.79 Å².